The Balaban J connectivity index is 4.60. The summed E-state index contributed by atoms with van der Waals surface area (Å²) in [7, 11) is 0. The largest absolute Gasteiger partial charge is 0.375 e. The highest BCUT2D eigenvalue weighted by Crippen LogP contribution is 1.93. The van der Waals surface area contributed by atoms with Gasteiger partial charge in [0.05, 0.1) is 6.21 Å². The quantitative estimate of drug-likeness (QED) is 0.292. The minimum Gasteiger partial charge on any atom is -0.375 e. The maximum absolute atomic E-state index is 5.36. The van der Waals surface area contributed by atoms with Gasteiger partial charge in [0.2, 0.25) is 0 Å². The summed E-state index contributed by atoms with van der Waals surface area (Å²) in [5.41, 5.74) is 15.8. The molecule has 0 rings (SSSR count). The molecule has 7 nitrogen and oxygen atoms in total. The molecule has 0 saturated heterocycles. The summed E-state index contributed by atoms with van der Waals surface area (Å²) < 4.78 is 5.36. The van der Waals surface area contributed by atoms with E-state index in [1.165, 1.54) is 6.21 Å². The first-order valence-electron chi connectivity index (χ1n) is 4.80. The van der Waals surface area contributed by atoms with Crippen molar-refractivity contribution in [2.24, 2.45) is 21.7 Å². The minimum atomic E-state index is -0.265. The third-order valence-corrected chi connectivity index (χ3v) is 1.68. The second-order valence-electron chi connectivity index (χ2n) is 2.84. The van der Waals surface area contributed by atoms with E-state index in [-0.39, 0.29) is 16.3 Å². The van der Waals surface area contributed by atoms with Gasteiger partial charge in [0, 0.05) is 6.61 Å². The number of hydrogen-bond acceptors (Lipinski definition) is 5. The summed E-state index contributed by atoms with van der Waals surface area (Å²) in [6, 6.07) is 0. The van der Waals surface area contributed by atoms with Crippen molar-refractivity contribution in [3.63, 3.8) is 0 Å². The van der Waals surface area contributed by atoms with Gasteiger partial charge in [-0.05, 0) is 38.3 Å². The van der Waals surface area contributed by atoms with E-state index < -0.39 is 0 Å². The highest BCUT2D eigenvalue weighted by Gasteiger charge is 2.08. The lowest BCUT2D eigenvalue weighted by atomic mass is 10.2. The summed E-state index contributed by atoms with van der Waals surface area (Å²) in [4.78, 5) is 0. The zero-order chi connectivity index (χ0) is 13.3. The SMILES string of the molecule is CCO[C@@H](C)C(C=NNC(N)=S)=NNC(N)=S. The molecule has 0 fully saturated rings. The third-order valence-electron chi connectivity index (χ3n) is 1.50. The summed E-state index contributed by atoms with van der Waals surface area (Å²) in [6.45, 7) is 4.24. The zero-order valence-electron chi connectivity index (χ0n) is 9.64. The summed E-state index contributed by atoms with van der Waals surface area (Å²) >= 11 is 9.23. The second kappa shape index (κ2) is 8.79. The molecule has 17 heavy (non-hydrogen) atoms. The van der Waals surface area contributed by atoms with Gasteiger partial charge < -0.3 is 16.2 Å². The number of hydrogen-bond donors (Lipinski definition) is 4. The Bertz CT molecular complexity index is 330. The van der Waals surface area contributed by atoms with Gasteiger partial charge in [-0.3, -0.25) is 10.9 Å². The molecule has 0 aromatic carbocycles. The summed E-state index contributed by atoms with van der Waals surface area (Å²) in [6.07, 6.45) is 1.16. The molecule has 0 saturated carbocycles. The van der Waals surface area contributed by atoms with Gasteiger partial charge in [0.25, 0.3) is 0 Å². The van der Waals surface area contributed by atoms with Gasteiger partial charge in [0.1, 0.15) is 11.8 Å². The van der Waals surface area contributed by atoms with Crippen molar-refractivity contribution in [2.45, 2.75) is 20.0 Å². The normalized spacial score (nSPS) is 13.4. The van der Waals surface area contributed by atoms with E-state index in [1.54, 1.807) is 0 Å². The topological polar surface area (TPSA) is 110 Å². The molecule has 0 amide bonds. The monoisotopic (exact) mass is 276 g/mol. The summed E-state index contributed by atoms with van der Waals surface area (Å²) in [5.74, 6) is 0. The first-order chi connectivity index (χ1) is 7.97. The number of rotatable bonds is 6. The molecule has 0 heterocycles. The molecule has 0 bridgehead atoms. The van der Waals surface area contributed by atoms with E-state index in [0.29, 0.717) is 12.3 Å². The predicted molar refractivity (Wildman–Crippen MR) is 76.9 cm³/mol. The Morgan fingerprint density at radius 3 is 2.41 bits per heavy atom. The van der Waals surface area contributed by atoms with Crippen LogP contribution >= 0.6 is 24.4 Å². The fourth-order valence-electron chi connectivity index (χ4n) is 0.842. The number of hydrazone groups is 2. The van der Waals surface area contributed by atoms with E-state index in [1.807, 2.05) is 13.8 Å². The van der Waals surface area contributed by atoms with E-state index >= 15 is 0 Å². The molecular formula is C8H16N6OS2. The highest BCUT2D eigenvalue weighted by atomic mass is 32.1. The van der Waals surface area contributed by atoms with E-state index in [2.05, 4.69) is 45.5 Å². The lowest BCUT2D eigenvalue weighted by Gasteiger charge is -2.11. The van der Waals surface area contributed by atoms with E-state index in [4.69, 9.17) is 16.2 Å². The fourth-order valence-corrected chi connectivity index (χ4v) is 0.940. The average molecular weight is 276 g/mol. The molecule has 6 N–H and O–H groups in total. The van der Waals surface area contributed by atoms with Crippen LogP contribution in [0.3, 0.4) is 0 Å². The first kappa shape index (κ1) is 15.7. The van der Waals surface area contributed by atoms with Gasteiger partial charge in [0.15, 0.2) is 10.2 Å². The van der Waals surface area contributed by atoms with Crippen molar-refractivity contribution in [2.75, 3.05) is 6.61 Å². The molecule has 0 aromatic heterocycles. The predicted octanol–water partition coefficient (Wildman–Crippen LogP) is -0.580. The zero-order valence-corrected chi connectivity index (χ0v) is 11.3. The average Bonchev–Trinajstić information content (AvgIpc) is 2.22. The van der Waals surface area contributed by atoms with Crippen LogP contribution in [0.4, 0.5) is 0 Å². The Morgan fingerprint density at radius 2 is 1.94 bits per heavy atom. The molecule has 96 valence electrons. The molecule has 0 radical (unpaired) electrons. The van der Waals surface area contributed by atoms with Crippen LogP contribution in [-0.2, 0) is 4.74 Å². The number of nitrogens with one attached hydrogen (secondary N) is 2. The molecule has 1 atom stereocenters. The number of nitrogens with two attached hydrogens (primary N) is 2. The van der Waals surface area contributed by atoms with Crippen molar-refractivity contribution in [3.05, 3.63) is 0 Å². The second-order valence-corrected chi connectivity index (χ2v) is 3.72. The van der Waals surface area contributed by atoms with Crippen molar-refractivity contribution in [1.82, 2.24) is 10.9 Å². The van der Waals surface area contributed by atoms with Crippen LogP contribution in [0.5, 0.6) is 0 Å². The van der Waals surface area contributed by atoms with Crippen LogP contribution in [0.2, 0.25) is 0 Å². The molecule has 0 aromatic rings. The van der Waals surface area contributed by atoms with Crippen LogP contribution in [0, 0.1) is 0 Å². The molecule has 0 unspecified atom stereocenters. The molecule has 0 aliphatic heterocycles. The fraction of sp³-hybridized carbons (Fsp3) is 0.500. The first-order valence-corrected chi connectivity index (χ1v) is 5.62. The third kappa shape index (κ3) is 8.48. The standard InChI is InChI=1S/C8H16N6OS2/c1-3-15-5(2)6(12-14-8(10)17)4-11-13-7(9)16/h4-5H,3H2,1-2H3,(H3,9,13,16)(H3,10,14,17)/t5-/m0/s1. The molecule has 9 heteroatoms. The maximum atomic E-state index is 5.36. The van der Waals surface area contributed by atoms with Crippen molar-refractivity contribution < 1.29 is 4.74 Å². The van der Waals surface area contributed by atoms with Gasteiger partial charge >= 0.3 is 0 Å². The number of thiocarbonyl (C=S) groups is 2. The number of ether oxygens (including phenoxy) is 1. The van der Waals surface area contributed by atoms with Gasteiger partial charge in [-0.1, -0.05) is 0 Å². The van der Waals surface area contributed by atoms with Crippen molar-refractivity contribution >= 4 is 46.6 Å². The Kier molecular flexibility index (Phi) is 8.11. The van der Waals surface area contributed by atoms with Gasteiger partial charge in [-0.15, -0.1) is 0 Å². The molecule has 0 aliphatic rings. The van der Waals surface area contributed by atoms with Crippen LogP contribution in [0.15, 0.2) is 10.2 Å². The van der Waals surface area contributed by atoms with Crippen LogP contribution in [-0.4, -0.2) is 34.9 Å². The number of nitrogens with zero attached hydrogens (tertiary/aromatic N) is 2. The smallest absolute Gasteiger partial charge is 0.184 e. The Hall–Kier alpha value is -1.32. The van der Waals surface area contributed by atoms with Crippen molar-refractivity contribution in [3.8, 4) is 0 Å². The highest BCUT2D eigenvalue weighted by molar-refractivity contribution is 7.80. The molecule has 0 aliphatic carbocycles. The van der Waals surface area contributed by atoms with Gasteiger partial charge in [-0.2, -0.15) is 10.2 Å². The Labute approximate surface area is 111 Å². The molecular weight excluding hydrogens is 260 g/mol. The lowest BCUT2D eigenvalue weighted by molar-refractivity contribution is 0.123. The Morgan fingerprint density at radius 1 is 1.35 bits per heavy atom. The maximum Gasteiger partial charge on any atom is 0.184 e. The van der Waals surface area contributed by atoms with E-state index in [0.717, 1.165) is 0 Å². The van der Waals surface area contributed by atoms with Crippen LogP contribution in [0.25, 0.3) is 0 Å². The minimum absolute atomic E-state index is 0.0573. The van der Waals surface area contributed by atoms with Crippen molar-refractivity contribution in [1.29, 1.82) is 0 Å². The summed E-state index contributed by atoms with van der Waals surface area (Å²) in [5, 5.41) is 7.84. The lowest BCUT2D eigenvalue weighted by Crippen LogP contribution is -2.31. The van der Waals surface area contributed by atoms with Gasteiger partial charge in [-0.25, -0.2) is 0 Å². The van der Waals surface area contributed by atoms with Crippen LogP contribution in [0.1, 0.15) is 13.8 Å². The molecule has 0 spiro atoms. The van der Waals surface area contributed by atoms with E-state index in [9.17, 15) is 0 Å². The van der Waals surface area contributed by atoms with Crippen LogP contribution < -0.4 is 22.3 Å².